The van der Waals surface area contributed by atoms with Gasteiger partial charge in [-0.1, -0.05) is 26.0 Å². The molecule has 2 aliphatic carbocycles. The van der Waals surface area contributed by atoms with Gasteiger partial charge in [-0.05, 0) is 133 Å². The van der Waals surface area contributed by atoms with Gasteiger partial charge in [0, 0.05) is 23.3 Å². The van der Waals surface area contributed by atoms with Crippen molar-refractivity contribution in [3.05, 3.63) is 60.4 Å². The first-order valence-electron chi connectivity index (χ1n) is 22.8. The van der Waals surface area contributed by atoms with Gasteiger partial charge in [0.25, 0.3) is 5.91 Å². The summed E-state index contributed by atoms with van der Waals surface area (Å²) in [6, 6.07) is 8.50. The summed E-state index contributed by atoms with van der Waals surface area (Å²) in [5, 5.41) is 5.85. The van der Waals surface area contributed by atoms with E-state index in [4.69, 9.17) is 23.9 Å². The molecule has 4 amide bonds. The van der Waals surface area contributed by atoms with Crippen molar-refractivity contribution >= 4 is 44.6 Å². The van der Waals surface area contributed by atoms with Crippen LogP contribution in [0.3, 0.4) is 0 Å². The van der Waals surface area contributed by atoms with Crippen molar-refractivity contribution in [3.8, 4) is 28.6 Å². The fourth-order valence-electron chi connectivity index (χ4n) is 8.79. The van der Waals surface area contributed by atoms with Gasteiger partial charge in [0.1, 0.15) is 29.5 Å². The number of nitrogens with one attached hydrogen (secondary N) is 3. The number of alkyl halides is 3. The van der Waals surface area contributed by atoms with E-state index in [1.165, 1.54) is 26.2 Å². The predicted octanol–water partition coefficient (Wildman–Crippen LogP) is 7.51. The molecule has 3 fully saturated rings. The Morgan fingerprint density at radius 1 is 1.03 bits per heavy atom. The number of hydrogen-bond donors (Lipinski definition) is 3. The standard InChI is InChI=1S/C48H59F4N5O10S/c1-26(2)65-32-15-13-29(14-16-32)36-20-30-21-38(64-8)35(49)23-34(30)41(53-36)66-33-22-37-40(58)55-47(43(60)56-68(62,63)46(7)17-18-46)24-31(47)12-10-9-11-27(3)19-28(4)39(42(59)57(37)25-33)54-44(61)67-45(5,6)48(50,51)52/h10,12-16,20-21,23,26-28,31,33,37,39H,9,11,17-19,22,24-25H2,1-8H3,(H,54,61)(H,55,58)(H,56,60)/b12-10-/t27-,28-,31-,33-,37+,39+,47-/m1/s1. The van der Waals surface area contributed by atoms with Crippen LogP contribution in [-0.4, -0.2) is 102 Å². The van der Waals surface area contributed by atoms with Crippen molar-refractivity contribution in [1.29, 1.82) is 0 Å². The maximum atomic E-state index is 15.4. The molecule has 15 nitrogen and oxygen atoms in total. The van der Waals surface area contributed by atoms with E-state index >= 15 is 9.18 Å². The van der Waals surface area contributed by atoms with Crippen LogP contribution < -0.4 is 29.6 Å². The van der Waals surface area contributed by atoms with Crippen LogP contribution in [0.5, 0.6) is 17.4 Å². The molecule has 3 heterocycles. The first kappa shape index (κ1) is 50.2. The maximum Gasteiger partial charge on any atom is 0.427 e. The molecular formula is C48H59F4N5O10S. The molecule has 0 radical (unpaired) electrons. The van der Waals surface area contributed by atoms with Crippen LogP contribution in [0.25, 0.3) is 22.0 Å². The van der Waals surface area contributed by atoms with Gasteiger partial charge in [-0.2, -0.15) is 13.2 Å². The monoisotopic (exact) mass is 973 g/mol. The molecule has 68 heavy (non-hydrogen) atoms. The SMILES string of the molecule is COc1cc2cc(-c3ccc(OC(C)C)cc3)nc(O[C@@H]3C[C@H]4C(=O)N[C@]5(C(=O)NS(=O)(=O)C6(C)CC6)C[C@H]5/C=C\CC[C@@H](C)C[C@@H](C)[C@H](NC(=O)OC(C)(C)C(F)(F)F)C(=O)N4C3)c2cc1F. The van der Waals surface area contributed by atoms with E-state index in [-0.39, 0.29) is 48.4 Å². The van der Waals surface area contributed by atoms with E-state index < -0.39 is 91.7 Å². The van der Waals surface area contributed by atoms with Crippen molar-refractivity contribution in [2.45, 2.75) is 140 Å². The highest BCUT2D eigenvalue weighted by Crippen LogP contribution is 2.48. The zero-order valence-corrected chi connectivity index (χ0v) is 40.1. The molecule has 3 aromatic rings. The Balaban J connectivity index is 1.28. The van der Waals surface area contributed by atoms with E-state index in [2.05, 4.69) is 15.4 Å². The average Bonchev–Trinajstić information content (AvgIpc) is 4.13. The Bertz CT molecular complexity index is 2590. The van der Waals surface area contributed by atoms with Crippen LogP contribution in [0.15, 0.2) is 54.6 Å². The van der Waals surface area contributed by atoms with E-state index in [1.807, 2.05) is 26.8 Å². The Morgan fingerprint density at radius 2 is 1.72 bits per heavy atom. The normalized spacial score (nSPS) is 26.9. The summed E-state index contributed by atoms with van der Waals surface area (Å²) in [5.74, 6) is -4.30. The van der Waals surface area contributed by atoms with Crippen LogP contribution in [-0.2, 0) is 29.1 Å². The summed E-state index contributed by atoms with van der Waals surface area (Å²) in [5.41, 5.74) is -3.61. The molecule has 0 unspecified atom stereocenters. The number of allylic oxidation sites excluding steroid dienone is 1. The first-order chi connectivity index (χ1) is 31.8. The quantitative estimate of drug-likeness (QED) is 0.127. The molecule has 7 rings (SSSR count). The summed E-state index contributed by atoms with van der Waals surface area (Å²) in [6.45, 7) is 9.87. The minimum atomic E-state index is -4.96. The van der Waals surface area contributed by atoms with E-state index in [0.717, 1.165) is 4.90 Å². The molecule has 3 N–H and O–H groups in total. The molecule has 2 aromatic carbocycles. The van der Waals surface area contributed by atoms with Gasteiger partial charge in [-0.25, -0.2) is 22.6 Å². The number of carbonyl (C=O) groups excluding carboxylic acids is 4. The van der Waals surface area contributed by atoms with Crippen LogP contribution in [0, 0.1) is 23.6 Å². The lowest BCUT2D eigenvalue weighted by Gasteiger charge is -2.34. The van der Waals surface area contributed by atoms with Crippen LogP contribution >= 0.6 is 0 Å². The number of alkyl carbamates (subject to hydrolysis) is 1. The van der Waals surface area contributed by atoms with Crippen molar-refractivity contribution in [2.24, 2.45) is 17.8 Å². The fraction of sp³-hybridized carbons (Fsp3) is 0.562. The van der Waals surface area contributed by atoms with Crippen molar-refractivity contribution < 1.29 is 64.1 Å². The Morgan fingerprint density at radius 3 is 2.35 bits per heavy atom. The van der Waals surface area contributed by atoms with Crippen LogP contribution in [0.4, 0.5) is 22.4 Å². The zero-order valence-electron chi connectivity index (χ0n) is 39.3. The zero-order chi connectivity index (χ0) is 49.7. The topological polar surface area (TPSA) is 192 Å². The molecule has 2 saturated carbocycles. The van der Waals surface area contributed by atoms with Crippen LogP contribution in [0.1, 0.15) is 93.4 Å². The minimum Gasteiger partial charge on any atom is -0.494 e. The predicted molar refractivity (Wildman–Crippen MR) is 243 cm³/mol. The highest BCUT2D eigenvalue weighted by molar-refractivity contribution is 7.91. The number of rotatable bonds is 11. The summed E-state index contributed by atoms with van der Waals surface area (Å²) < 4.78 is 107. The van der Waals surface area contributed by atoms with Gasteiger partial charge < -0.3 is 34.5 Å². The molecule has 0 bridgehead atoms. The van der Waals surface area contributed by atoms with E-state index in [1.54, 1.807) is 43.3 Å². The number of hydrogen-bond acceptors (Lipinski definition) is 11. The number of sulfonamides is 1. The number of aromatic nitrogens is 1. The molecule has 1 saturated heterocycles. The number of amides is 4. The van der Waals surface area contributed by atoms with Gasteiger partial charge >= 0.3 is 12.3 Å². The number of methoxy groups -OCH3 is 1. The molecule has 0 spiro atoms. The molecule has 20 heteroatoms. The van der Waals surface area contributed by atoms with Gasteiger partial charge in [-0.3, -0.25) is 19.1 Å². The summed E-state index contributed by atoms with van der Waals surface area (Å²) in [7, 11) is -2.82. The maximum absolute atomic E-state index is 15.4. The second-order valence-electron chi connectivity index (χ2n) is 19.7. The molecule has 2 aliphatic heterocycles. The van der Waals surface area contributed by atoms with Gasteiger partial charge in [0.15, 0.2) is 11.6 Å². The number of benzene rings is 2. The molecule has 7 atom stereocenters. The molecular weight excluding hydrogens is 915 g/mol. The smallest absolute Gasteiger partial charge is 0.427 e. The van der Waals surface area contributed by atoms with Gasteiger partial charge in [-0.15, -0.1) is 0 Å². The highest BCUT2D eigenvalue weighted by Gasteiger charge is 2.63. The Kier molecular flexibility index (Phi) is 13.8. The second kappa shape index (κ2) is 18.7. The lowest BCUT2D eigenvalue weighted by atomic mass is 9.88. The third kappa shape index (κ3) is 10.5. The number of nitrogens with zero attached hydrogens (tertiary/aromatic N) is 2. The van der Waals surface area contributed by atoms with E-state index in [9.17, 15) is 36.0 Å². The highest BCUT2D eigenvalue weighted by atomic mass is 32.2. The Labute approximate surface area is 393 Å². The number of carbonyl (C=O) groups is 4. The number of pyridine rings is 1. The van der Waals surface area contributed by atoms with E-state index in [0.29, 0.717) is 68.3 Å². The first-order valence-corrected chi connectivity index (χ1v) is 24.3. The Hall–Kier alpha value is -5.66. The van der Waals surface area contributed by atoms with Crippen molar-refractivity contribution in [3.63, 3.8) is 0 Å². The third-order valence-corrected chi connectivity index (χ3v) is 15.6. The summed E-state index contributed by atoms with van der Waals surface area (Å²) in [6.07, 6.45) is -2.14. The average molecular weight is 974 g/mol. The largest absolute Gasteiger partial charge is 0.494 e. The molecule has 370 valence electrons. The fourth-order valence-corrected chi connectivity index (χ4v) is 10.1. The van der Waals surface area contributed by atoms with Crippen molar-refractivity contribution in [1.82, 2.24) is 25.2 Å². The molecule has 4 aliphatic rings. The number of halogens is 4. The number of fused-ring (bicyclic) bond motifs is 3. The number of ether oxygens (including phenoxy) is 4. The van der Waals surface area contributed by atoms with Crippen molar-refractivity contribution in [2.75, 3.05) is 13.7 Å². The minimum absolute atomic E-state index is 0.0494. The van der Waals surface area contributed by atoms with Crippen LogP contribution in [0.2, 0.25) is 0 Å². The third-order valence-electron chi connectivity index (χ3n) is 13.4. The summed E-state index contributed by atoms with van der Waals surface area (Å²) >= 11 is 0. The van der Waals surface area contributed by atoms with Gasteiger partial charge in [0.05, 0.1) is 30.2 Å². The molecule has 1 aromatic heterocycles. The summed E-state index contributed by atoms with van der Waals surface area (Å²) in [4.78, 5) is 63.1. The lowest BCUT2D eigenvalue weighted by Crippen LogP contribution is -2.59. The van der Waals surface area contributed by atoms with Gasteiger partial charge in [0.2, 0.25) is 33.3 Å². The lowest BCUT2D eigenvalue weighted by molar-refractivity contribution is -0.244. The second-order valence-corrected chi connectivity index (χ2v) is 21.9.